The maximum absolute atomic E-state index is 9.61. The lowest BCUT2D eigenvalue weighted by Crippen LogP contribution is -2.16. The zero-order valence-corrected chi connectivity index (χ0v) is 10.9. The molecular weight excluding hydrogens is 246 g/mol. The quantitative estimate of drug-likeness (QED) is 0.426. The molecule has 5 heteroatoms. The third-order valence-electron chi connectivity index (χ3n) is 3.22. The van der Waals surface area contributed by atoms with Gasteiger partial charge in [0.25, 0.3) is 0 Å². The number of phenols is 3. The van der Waals surface area contributed by atoms with Gasteiger partial charge >= 0.3 is 0 Å². The molecule has 0 unspecified atom stereocenters. The third-order valence-corrected chi connectivity index (χ3v) is 3.22. The molecule has 0 spiro atoms. The van der Waals surface area contributed by atoms with E-state index in [4.69, 9.17) is 4.74 Å². The van der Waals surface area contributed by atoms with Crippen LogP contribution in [0.15, 0.2) is 12.1 Å². The summed E-state index contributed by atoms with van der Waals surface area (Å²) in [6, 6.07) is 2.95. The molecule has 1 fully saturated rings. The van der Waals surface area contributed by atoms with Crippen LogP contribution in [0.5, 0.6) is 17.2 Å². The average Bonchev–Trinajstić information content (AvgIpc) is 3.21. The zero-order chi connectivity index (χ0) is 13.7. The fourth-order valence-electron chi connectivity index (χ4n) is 1.81. The van der Waals surface area contributed by atoms with Crippen LogP contribution in [0.4, 0.5) is 0 Å². The number of hydrogen-bond donors (Lipinski definition) is 4. The normalized spacial score (nSPS) is 14.7. The van der Waals surface area contributed by atoms with Crippen molar-refractivity contribution in [2.24, 2.45) is 5.92 Å². The highest BCUT2D eigenvalue weighted by Crippen LogP contribution is 2.36. The van der Waals surface area contributed by atoms with Crippen LogP contribution in [0.3, 0.4) is 0 Å². The van der Waals surface area contributed by atoms with Crippen molar-refractivity contribution in [3.05, 3.63) is 17.7 Å². The van der Waals surface area contributed by atoms with Gasteiger partial charge in [0, 0.05) is 25.3 Å². The van der Waals surface area contributed by atoms with Crippen molar-refractivity contribution in [2.75, 3.05) is 19.8 Å². The van der Waals surface area contributed by atoms with Crippen molar-refractivity contribution in [2.45, 2.75) is 25.8 Å². The second-order valence-corrected chi connectivity index (χ2v) is 4.99. The summed E-state index contributed by atoms with van der Waals surface area (Å²) in [6.07, 6.45) is 3.53. The standard InChI is InChI=1S/C14H21NO4/c16-12-5-4-11(13(17)14(12)18)8-15-6-1-7-19-9-10-2-3-10/h4-5,10,15-18H,1-3,6-9H2. The molecule has 0 amide bonds. The SMILES string of the molecule is Oc1ccc(CNCCCOCC2CC2)c(O)c1O. The van der Waals surface area contributed by atoms with Crippen molar-refractivity contribution in [3.8, 4) is 17.2 Å². The molecule has 1 aliphatic rings. The minimum Gasteiger partial charge on any atom is -0.504 e. The predicted molar refractivity (Wildman–Crippen MR) is 71.3 cm³/mol. The molecule has 1 aromatic rings. The Labute approximate surface area is 112 Å². The fraction of sp³-hybridized carbons (Fsp3) is 0.571. The van der Waals surface area contributed by atoms with E-state index in [0.717, 1.165) is 32.1 Å². The minimum atomic E-state index is -0.466. The first-order valence-electron chi connectivity index (χ1n) is 6.69. The summed E-state index contributed by atoms with van der Waals surface area (Å²) >= 11 is 0. The summed E-state index contributed by atoms with van der Waals surface area (Å²) < 4.78 is 5.51. The topological polar surface area (TPSA) is 82.0 Å². The van der Waals surface area contributed by atoms with Gasteiger partial charge in [-0.05, 0) is 37.8 Å². The molecule has 5 nitrogen and oxygen atoms in total. The van der Waals surface area contributed by atoms with Crippen molar-refractivity contribution in [3.63, 3.8) is 0 Å². The maximum atomic E-state index is 9.61. The summed E-state index contributed by atoms with van der Waals surface area (Å²) in [5.41, 5.74) is 0.564. The van der Waals surface area contributed by atoms with E-state index >= 15 is 0 Å². The first-order chi connectivity index (χ1) is 9.18. The van der Waals surface area contributed by atoms with Crippen molar-refractivity contribution in [1.29, 1.82) is 0 Å². The highest BCUT2D eigenvalue weighted by molar-refractivity contribution is 5.52. The number of nitrogens with one attached hydrogen (secondary N) is 1. The molecule has 0 saturated heterocycles. The van der Waals surface area contributed by atoms with Crippen molar-refractivity contribution in [1.82, 2.24) is 5.32 Å². The number of aromatic hydroxyl groups is 3. The molecule has 0 heterocycles. The monoisotopic (exact) mass is 267 g/mol. The van der Waals surface area contributed by atoms with E-state index in [1.165, 1.54) is 18.9 Å². The van der Waals surface area contributed by atoms with Crippen LogP contribution in [0, 0.1) is 5.92 Å². The van der Waals surface area contributed by atoms with Crippen LogP contribution in [-0.4, -0.2) is 35.1 Å². The number of phenolic OH excluding ortho intramolecular Hbond substituents is 3. The summed E-state index contributed by atoms with van der Waals surface area (Å²) in [5, 5.41) is 31.3. The van der Waals surface area contributed by atoms with Gasteiger partial charge in [-0.15, -0.1) is 0 Å². The second kappa shape index (κ2) is 6.63. The molecule has 0 bridgehead atoms. The lowest BCUT2D eigenvalue weighted by Gasteiger charge is -2.09. The van der Waals surface area contributed by atoms with Gasteiger partial charge < -0.3 is 25.4 Å². The summed E-state index contributed by atoms with van der Waals surface area (Å²) in [4.78, 5) is 0. The Morgan fingerprint density at radius 1 is 1.16 bits per heavy atom. The summed E-state index contributed by atoms with van der Waals surface area (Å²) in [5.74, 6) is -0.246. The van der Waals surface area contributed by atoms with Crippen LogP contribution in [0.25, 0.3) is 0 Å². The lowest BCUT2D eigenvalue weighted by molar-refractivity contribution is 0.122. The van der Waals surface area contributed by atoms with Gasteiger partial charge in [-0.2, -0.15) is 0 Å². The molecule has 106 valence electrons. The van der Waals surface area contributed by atoms with E-state index < -0.39 is 5.75 Å². The smallest absolute Gasteiger partial charge is 0.200 e. The number of rotatable bonds is 8. The molecule has 1 aromatic carbocycles. The Balaban J connectivity index is 1.60. The first kappa shape index (κ1) is 14.0. The van der Waals surface area contributed by atoms with Gasteiger partial charge in [-0.25, -0.2) is 0 Å². The second-order valence-electron chi connectivity index (χ2n) is 4.99. The highest BCUT2D eigenvalue weighted by Gasteiger charge is 2.20. The van der Waals surface area contributed by atoms with Crippen molar-refractivity contribution >= 4 is 0 Å². The zero-order valence-electron chi connectivity index (χ0n) is 10.9. The van der Waals surface area contributed by atoms with E-state index in [2.05, 4.69) is 5.32 Å². The molecule has 0 aliphatic heterocycles. The van der Waals surface area contributed by atoms with Crippen LogP contribution in [-0.2, 0) is 11.3 Å². The van der Waals surface area contributed by atoms with Gasteiger partial charge in [0.1, 0.15) is 0 Å². The van der Waals surface area contributed by atoms with Gasteiger partial charge in [-0.3, -0.25) is 0 Å². The maximum Gasteiger partial charge on any atom is 0.200 e. The Morgan fingerprint density at radius 3 is 2.68 bits per heavy atom. The molecule has 1 saturated carbocycles. The van der Waals surface area contributed by atoms with Gasteiger partial charge in [0.15, 0.2) is 11.5 Å². The summed E-state index contributed by atoms with van der Waals surface area (Å²) in [7, 11) is 0. The molecule has 0 radical (unpaired) electrons. The van der Waals surface area contributed by atoms with E-state index in [1.54, 1.807) is 6.07 Å². The van der Waals surface area contributed by atoms with Gasteiger partial charge in [0.05, 0.1) is 0 Å². The van der Waals surface area contributed by atoms with E-state index in [1.807, 2.05) is 0 Å². The first-order valence-corrected chi connectivity index (χ1v) is 6.69. The molecule has 4 N–H and O–H groups in total. The predicted octanol–water partition coefficient (Wildman–Crippen LogP) is 1.71. The molecule has 2 rings (SSSR count). The number of ether oxygens (including phenoxy) is 1. The van der Waals surface area contributed by atoms with Crippen LogP contribution >= 0.6 is 0 Å². The van der Waals surface area contributed by atoms with E-state index in [-0.39, 0.29) is 11.5 Å². The Bertz CT molecular complexity index is 418. The lowest BCUT2D eigenvalue weighted by atomic mass is 10.1. The average molecular weight is 267 g/mol. The number of benzene rings is 1. The Kier molecular flexibility index (Phi) is 4.87. The molecule has 19 heavy (non-hydrogen) atoms. The Hall–Kier alpha value is -1.46. The third kappa shape index (κ3) is 4.29. The minimum absolute atomic E-state index is 0.266. The van der Waals surface area contributed by atoms with Crippen LogP contribution in [0.1, 0.15) is 24.8 Å². The Morgan fingerprint density at radius 2 is 1.95 bits per heavy atom. The van der Waals surface area contributed by atoms with Gasteiger partial charge in [0.2, 0.25) is 5.75 Å². The van der Waals surface area contributed by atoms with Crippen LogP contribution in [0.2, 0.25) is 0 Å². The highest BCUT2D eigenvalue weighted by atomic mass is 16.5. The van der Waals surface area contributed by atoms with Crippen molar-refractivity contribution < 1.29 is 20.1 Å². The molecular formula is C14H21NO4. The largest absolute Gasteiger partial charge is 0.504 e. The van der Waals surface area contributed by atoms with Crippen LogP contribution < -0.4 is 5.32 Å². The molecule has 0 aromatic heterocycles. The molecule has 0 atom stereocenters. The summed E-state index contributed by atoms with van der Waals surface area (Å²) in [6.45, 7) is 2.86. The van der Waals surface area contributed by atoms with E-state index in [0.29, 0.717) is 12.1 Å². The molecule has 1 aliphatic carbocycles. The number of hydrogen-bond acceptors (Lipinski definition) is 5. The van der Waals surface area contributed by atoms with Gasteiger partial charge in [-0.1, -0.05) is 6.07 Å². The fourth-order valence-corrected chi connectivity index (χ4v) is 1.81. The van der Waals surface area contributed by atoms with E-state index in [9.17, 15) is 15.3 Å².